The Labute approximate surface area is 68.0 Å². The number of aromatic hydroxyl groups is 1. The number of phenols is 1. The maximum atomic E-state index is 10.9. The summed E-state index contributed by atoms with van der Waals surface area (Å²) >= 11 is -1.18. The minimum Gasteiger partial charge on any atom is -0.612 e. The first-order valence-electron chi connectivity index (χ1n) is 3.04. The van der Waals surface area contributed by atoms with Crippen LogP contribution in [0.2, 0.25) is 0 Å². The van der Waals surface area contributed by atoms with Gasteiger partial charge in [-0.15, -0.1) is 0 Å². The average Bonchev–Trinajstić information content (AvgIpc) is 1.94. The molecule has 0 saturated heterocycles. The van der Waals surface area contributed by atoms with Crippen LogP contribution >= 0.6 is 0 Å². The lowest BCUT2D eigenvalue weighted by Crippen LogP contribution is -1.99. The third kappa shape index (κ3) is 1.58. The van der Waals surface area contributed by atoms with E-state index in [1.165, 1.54) is 6.26 Å². The van der Waals surface area contributed by atoms with Crippen molar-refractivity contribution in [3.05, 3.63) is 18.2 Å². The van der Waals surface area contributed by atoms with Crippen LogP contribution in [-0.4, -0.2) is 15.9 Å². The Balaban J connectivity index is 3.17. The summed E-state index contributed by atoms with van der Waals surface area (Å²) in [5.74, 6) is -0.0756. The van der Waals surface area contributed by atoms with Gasteiger partial charge in [0.25, 0.3) is 0 Å². The van der Waals surface area contributed by atoms with Gasteiger partial charge in [0.15, 0.2) is 10.6 Å². The highest BCUT2D eigenvalue weighted by atomic mass is 32.2. The standard InChI is InChI=1S/C7H9NO2S/c1-11(10)6-4-2-3-5(8)7(6)9/h2-4,9H,8H2,1H3. The van der Waals surface area contributed by atoms with Crippen LogP contribution in [0.5, 0.6) is 5.75 Å². The zero-order valence-electron chi connectivity index (χ0n) is 6.07. The van der Waals surface area contributed by atoms with Crippen LogP contribution in [0.1, 0.15) is 0 Å². The Hall–Kier alpha value is -0.870. The lowest BCUT2D eigenvalue weighted by molar-refractivity contribution is 0.462. The molecule has 60 valence electrons. The molecule has 11 heavy (non-hydrogen) atoms. The van der Waals surface area contributed by atoms with Gasteiger partial charge >= 0.3 is 0 Å². The molecular formula is C7H9NO2S. The first-order valence-corrected chi connectivity index (χ1v) is 4.59. The topological polar surface area (TPSA) is 69.3 Å². The van der Waals surface area contributed by atoms with Crippen LogP contribution in [-0.2, 0) is 11.2 Å². The van der Waals surface area contributed by atoms with Crippen LogP contribution in [0.15, 0.2) is 23.1 Å². The van der Waals surface area contributed by atoms with Crippen molar-refractivity contribution in [1.82, 2.24) is 0 Å². The van der Waals surface area contributed by atoms with E-state index < -0.39 is 11.2 Å². The van der Waals surface area contributed by atoms with E-state index in [9.17, 15) is 9.66 Å². The van der Waals surface area contributed by atoms with E-state index in [4.69, 9.17) is 5.73 Å². The molecule has 3 nitrogen and oxygen atoms in total. The second-order valence-electron chi connectivity index (χ2n) is 2.15. The highest BCUT2D eigenvalue weighted by molar-refractivity contribution is 7.90. The quantitative estimate of drug-likeness (QED) is 0.371. The third-order valence-corrected chi connectivity index (χ3v) is 2.29. The number of anilines is 1. The van der Waals surface area contributed by atoms with Crippen molar-refractivity contribution < 1.29 is 9.66 Å². The van der Waals surface area contributed by atoms with Crippen molar-refractivity contribution in [2.75, 3.05) is 12.0 Å². The lowest BCUT2D eigenvalue weighted by Gasteiger charge is -2.06. The maximum absolute atomic E-state index is 10.9. The molecule has 0 heterocycles. The molecule has 1 rings (SSSR count). The number of hydrogen-bond donors (Lipinski definition) is 2. The molecule has 1 atom stereocenters. The lowest BCUT2D eigenvalue weighted by atomic mass is 10.3. The number of hydrogen-bond acceptors (Lipinski definition) is 3. The molecule has 0 spiro atoms. The smallest absolute Gasteiger partial charge is 0.196 e. The Kier molecular flexibility index (Phi) is 2.26. The Morgan fingerprint density at radius 2 is 2.18 bits per heavy atom. The van der Waals surface area contributed by atoms with Gasteiger partial charge < -0.3 is 15.4 Å². The molecule has 0 aromatic heterocycles. The van der Waals surface area contributed by atoms with E-state index in [-0.39, 0.29) is 11.4 Å². The molecule has 0 aliphatic carbocycles. The van der Waals surface area contributed by atoms with Gasteiger partial charge in [-0.25, -0.2) is 0 Å². The van der Waals surface area contributed by atoms with E-state index in [2.05, 4.69) is 0 Å². The predicted octanol–water partition coefficient (Wildman–Crippen LogP) is 0.712. The van der Waals surface area contributed by atoms with Gasteiger partial charge in [-0.2, -0.15) is 0 Å². The molecular weight excluding hydrogens is 162 g/mol. The largest absolute Gasteiger partial charge is 0.612 e. The molecule has 0 amide bonds. The van der Waals surface area contributed by atoms with Gasteiger partial charge in [0.05, 0.1) is 5.69 Å². The number of phenolic OH excluding ortho intramolecular Hbond substituents is 1. The molecule has 3 N–H and O–H groups in total. The van der Waals surface area contributed by atoms with Gasteiger partial charge in [-0.05, 0) is 23.3 Å². The summed E-state index contributed by atoms with van der Waals surface area (Å²) in [6.07, 6.45) is 1.49. The third-order valence-electron chi connectivity index (χ3n) is 1.34. The minimum atomic E-state index is -1.18. The number of para-hydroxylation sites is 1. The summed E-state index contributed by atoms with van der Waals surface area (Å²) in [5.41, 5.74) is 5.64. The maximum Gasteiger partial charge on any atom is 0.196 e. The van der Waals surface area contributed by atoms with Gasteiger partial charge in [0.1, 0.15) is 6.26 Å². The van der Waals surface area contributed by atoms with Gasteiger partial charge in [-0.3, -0.25) is 0 Å². The van der Waals surface area contributed by atoms with Crippen molar-refractivity contribution in [3.63, 3.8) is 0 Å². The molecule has 1 aromatic carbocycles. The zero-order chi connectivity index (χ0) is 8.43. The van der Waals surface area contributed by atoms with E-state index in [0.29, 0.717) is 4.90 Å². The highest BCUT2D eigenvalue weighted by Crippen LogP contribution is 2.27. The number of nitrogen functional groups attached to an aromatic ring is 1. The number of nitrogens with two attached hydrogens (primary N) is 1. The normalized spacial score (nSPS) is 12.9. The zero-order valence-corrected chi connectivity index (χ0v) is 6.89. The van der Waals surface area contributed by atoms with Crippen LogP contribution in [0, 0.1) is 0 Å². The molecule has 0 radical (unpaired) electrons. The van der Waals surface area contributed by atoms with Crippen LogP contribution < -0.4 is 5.73 Å². The molecule has 1 aromatic rings. The van der Waals surface area contributed by atoms with Crippen molar-refractivity contribution >= 4 is 16.9 Å². The molecule has 1 unspecified atom stereocenters. The summed E-state index contributed by atoms with van der Waals surface area (Å²) in [6, 6.07) is 4.80. The first kappa shape index (κ1) is 8.23. The molecule has 4 heteroatoms. The van der Waals surface area contributed by atoms with E-state index >= 15 is 0 Å². The SMILES string of the molecule is C[S+]([O-])c1cccc(N)c1O. The fourth-order valence-corrected chi connectivity index (χ4v) is 1.43. The second kappa shape index (κ2) is 3.02. The minimum absolute atomic E-state index is 0.0756. The van der Waals surface area contributed by atoms with E-state index in [1.807, 2.05) is 0 Å². The van der Waals surface area contributed by atoms with Crippen LogP contribution in [0.4, 0.5) is 5.69 Å². The number of benzene rings is 1. The Morgan fingerprint density at radius 3 is 2.64 bits per heavy atom. The average molecular weight is 171 g/mol. The van der Waals surface area contributed by atoms with Crippen molar-refractivity contribution in [2.24, 2.45) is 0 Å². The second-order valence-corrected chi connectivity index (χ2v) is 3.50. The Bertz CT molecular complexity index is 263. The fourth-order valence-electron chi connectivity index (χ4n) is 0.771. The molecule has 0 aliphatic heterocycles. The van der Waals surface area contributed by atoms with Gasteiger partial charge in [0.2, 0.25) is 0 Å². The van der Waals surface area contributed by atoms with Crippen molar-refractivity contribution in [3.8, 4) is 5.75 Å². The summed E-state index contributed by atoms with van der Waals surface area (Å²) in [6.45, 7) is 0. The van der Waals surface area contributed by atoms with Crippen LogP contribution in [0.3, 0.4) is 0 Å². The summed E-state index contributed by atoms with van der Waals surface area (Å²) in [7, 11) is 0. The van der Waals surface area contributed by atoms with Crippen molar-refractivity contribution in [2.45, 2.75) is 4.90 Å². The van der Waals surface area contributed by atoms with E-state index in [0.717, 1.165) is 0 Å². The summed E-state index contributed by atoms with van der Waals surface area (Å²) in [4.78, 5) is 0.380. The Morgan fingerprint density at radius 1 is 1.55 bits per heavy atom. The van der Waals surface area contributed by atoms with Crippen LogP contribution in [0.25, 0.3) is 0 Å². The summed E-state index contributed by atoms with van der Waals surface area (Å²) < 4.78 is 10.9. The van der Waals surface area contributed by atoms with Crippen molar-refractivity contribution in [1.29, 1.82) is 0 Å². The first-order chi connectivity index (χ1) is 5.13. The summed E-state index contributed by atoms with van der Waals surface area (Å²) in [5, 5.41) is 9.25. The molecule has 0 fully saturated rings. The highest BCUT2D eigenvalue weighted by Gasteiger charge is 2.11. The molecule has 0 aliphatic rings. The molecule has 0 saturated carbocycles. The van der Waals surface area contributed by atoms with Gasteiger partial charge in [0, 0.05) is 0 Å². The molecule has 0 bridgehead atoms. The predicted molar refractivity (Wildman–Crippen MR) is 44.9 cm³/mol. The van der Waals surface area contributed by atoms with E-state index in [1.54, 1.807) is 18.2 Å². The van der Waals surface area contributed by atoms with Gasteiger partial charge in [-0.1, -0.05) is 6.07 Å². The monoisotopic (exact) mass is 171 g/mol. The fraction of sp³-hybridized carbons (Fsp3) is 0.143. The number of rotatable bonds is 1.